The minimum Gasteiger partial charge on any atom is -0.348 e. The van der Waals surface area contributed by atoms with E-state index < -0.39 is 0 Å². The molecule has 0 unspecified atom stereocenters. The molecule has 1 N–H and O–H groups in total. The van der Waals surface area contributed by atoms with Crippen molar-refractivity contribution in [1.82, 2.24) is 10.3 Å². The van der Waals surface area contributed by atoms with Crippen LogP contribution in [0, 0.1) is 0 Å². The predicted octanol–water partition coefficient (Wildman–Crippen LogP) is 3.02. The van der Waals surface area contributed by atoms with Gasteiger partial charge in [0.1, 0.15) is 0 Å². The lowest BCUT2D eigenvalue weighted by molar-refractivity contribution is 0.674. The molecule has 1 aliphatic rings. The molecule has 0 amide bonds. The Bertz CT molecular complexity index is 333. The van der Waals surface area contributed by atoms with Crippen molar-refractivity contribution in [3.63, 3.8) is 0 Å². The van der Waals surface area contributed by atoms with Crippen molar-refractivity contribution < 1.29 is 0 Å². The van der Waals surface area contributed by atoms with Crippen LogP contribution in [0.3, 0.4) is 0 Å². The van der Waals surface area contributed by atoms with Gasteiger partial charge in [0.25, 0.3) is 0 Å². The molecule has 0 aliphatic heterocycles. The maximum atomic E-state index is 4.72. The fourth-order valence-electron chi connectivity index (χ4n) is 1.80. The lowest BCUT2D eigenvalue weighted by Crippen LogP contribution is -2.23. The first kappa shape index (κ1) is 12.8. The van der Waals surface area contributed by atoms with E-state index in [1.807, 2.05) is 0 Å². The number of hydrogen-bond donors (Lipinski definition) is 1. The minimum absolute atomic E-state index is 0.766. The third-order valence-corrected chi connectivity index (χ3v) is 4.07. The maximum absolute atomic E-state index is 4.72. The normalized spacial score (nSPS) is 15.2. The Balaban J connectivity index is 1.85. The molecule has 0 aromatic carbocycles. The molecular formula is C13H23N3S. The number of rotatable bonds is 8. The SMILES string of the molecule is CCCCN(CC)c1nc(CNC2CC2)cs1. The Morgan fingerprint density at radius 1 is 1.47 bits per heavy atom. The fourth-order valence-corrected chi connectivity index (χ4v) is 2.71. The monoisotopic (exact) mass is 253 g/mol. The van der Waals surface area contributed by atoms with E-state index >= 15 is 0 Å². The number of anilines is 1. The molecule has 4 heteroatoms. The third kappa shape index (κ3) is 3.96. The molecule has 1 fully saturated rings. The van der Waals surface area contributed by atoms with Gasteiger partial charge in [-0.15, -0.1) is 11.3 Å². The minimum atomic E-state index is 0.766. The van der Waals surface area contributed by atoms with Crippen LogP contribution in [0.1, 0.15) is 45.2 Å². The van der Waals surface area contributed by atoms with E-state index in [4.69, 9.17) is 4.98 Å². The lowest BCUT2D eigenvalue weighted by atomic mass is 10.3. The molecule has 0 spiro atoms. The predicted molar refractivity (Wildman–Crippen MR) is 74.8 cm³/mol. The van der Waals surface area contributed by atoms with E-state index in [0.29, 0.717) is 0 Å². The Morgan fingerprint density at radius 2 is 2.29 bits per heavy atom. The molecule has 1 heterocycles. The van der Waals surface area contributed by atoms with Gasteiger partial charge in [0, 0.05) is 31.1 Å². The topological polar surface area (TPSA) is 28.2 Å². The molecule has 2 rings (SSSR count). The van der Waals surface area contributed by atoms with Gasteiger partial charge in [0.05, 0.1) is 5.69 Å². The number of hydrogen-bond acceptors (Lipinski definition) is 4. The molecular weight excluding hydrogens is 230 g/mol. The molecule has 1 aliphatic carbocycles. The summed E-state index contributed by atoms with van der Waals surface area (Å²) in [5.41, 5.74) is 1.20. The van der Waals surface area contributed by atoms with Gasteiger partial charge in [-0.1, -0.05) is 13.3 Å². The van der Waals surface area contributed by atoms with Crippen molar-refractivity contribution in [1.29, 1.82) is 0 Å². The third-order valence-electron chi connectivity index (χ3n) is 3.12. The Hall–Kier alpha value is -0.610. The van der Waals surface area contributed by atoms with Crippen LogP contribution in [0.5, 0.6) is 0 Å². The molecule has 96 valence electrons. The highest BCUT2D eigenvalue weighted by atomic mass is 32.1. The molecule has 0 saturated heterocycles. The number of unbranched alkanes of at least 4 members (excludes halogenated alkanes) is 1. The van der Waals surface area contributed by atoms with Crippen LogP contribution in [0.15, 0.2) is 5.38 Å². The second kappa shape index (κ2) is 6.36. The second-order valence-electron chi connectivity index (χ2n) is 4.71. The smallest absolute Gasteiger partial charge is 0.185 e. The van der Waals surface area contributed by atoms with Gasteiger partial charge >= 0.3 is 0 Å². The van der Waals surface area contributed by atoms with E-state index in [2.05, 4.69) is 29.4 Å². The zero-order chi connectivity index (χ0) is 12.1. The summed E-state index contributed by atoms with van der Waals surface area (Å²) in [5, 5.41) is 6.89. The van der Waals surface area contributed by atoms with Gasteiger partial charge in [-0.25, -0.2) is 4.98 Å². The summed E-state index contributed by atoms with van der Waals surface area (Å²) >= 11 is 1.78. The summed E-state index contributed by atoms with van der Waals surface area (Å²) in [7, 11) is 0. The van der Waals surface area contributed by atoms with Crippen molar-refractivity contribution in [3.8, 4) is 0 Å². The molecule has 1 saturated carbocycles. The van der Waals surface area contributed by atoms with Crippen molar-refractivity contribution in [2.24, 2.45) is 0 Å². The lowest BCUT2D eigenvalue weighted by Gasteiger charge is -2.19. The quantitative estimate of drug-likeness (QED) is 0.772. The van der Waals surface area contributed by atoms with Gasteiger partial charge in [0.2, 0.25) is 0 Å². The second-order valence-corrected chi connectivity index (χ2v) is 5.55. The Morgan fingerprint density at radius 3 is 2.94 bits per heavy atom. The average molecular weight is 253 g/mol. The standard InChI is InChI=1S/C13H23N3S/c1-3-5-8-16(4-2)13-15-12(10-17-13)9-14-11-6-7-11/h10-11,14H,3-9H2,1-2H3. The van der Waals surface area contributed by atoms with E-state index in [0.717, 1.165) is 25.7 Å². The van der Waals surface area contributed by atoms with E-state index in [1.165, 1.54) is 36.5 Å². The largest absolute Gasteiger partial charge is 0.348 e. The molecule has 17 heavy (non-hydrogen) atoms. The van der Waals surface area contributed by atoms with Crippen LogP contribution in [0.25, 0.3) is 0 Å². The van der Waals surface area contributed by atoms with Crippen LogP contribution < -0.4 is 10.2 Å². The zero-order valence-corrected chi connectivity index (χ0v) is 11.7. The summed E-state index contributed by atoms with van der Waals surface area (Å²) in [5.74, 6) is 0. The molecule has 1 aromatic heterocycles. The number of aromatic nitrogens is 1. The fraction of sp³-hybridized carbons (Fsp3) is 0.769. The Labute approximate surface area is 108 Å². The van der Waals surface area contributed by atoms with E-state index in [-0.39, 0.29) is 0 Å². The van der Waals surface area contributed by atoms with Crippen LogP contribution in [-0.4, -0.2) is 24.1 Å². The molecule has 0 radical (unpaired) electrons. The summed E-state index contributed by atoms with van der Waals surface area (Å²) < 4.78 is 0. The summed E-state index contributed by atoms with van der Waals surface area (Å²) in [6, 6.07) is 0.766. The maximum Gasteiger partial charge on any atom is 0.185 e. The van der Waals surface area contributed by atoms with Gasteiger partial charge in [0.15, 0.2) is 5.13 Å². The number of nitrogens with zero attached hydrogens (tertiary/aromatic N) is 2. The molecule has 0 bridgehead atoms. The number of nitrogens with one attached hydrogen (secondary N) is 1. The van der Waals surface area contributed by atoms with Gasteiger partial charge < -0.3 is 10.2 Å². The highest BCUT2D eigenvalue weighted by Crippen LogP contribution is 2.23. The van der Waals surface area contributed by atoms with Crippen molar-refractivity contribution in [2.45, 2.75) is 52.1 Å². The van der Waals surface area contributed by atoms with Crippen LogP contribution in [0.2, 0.25) is 0 Å². The van der Waals surface area contributed by atoms with Gasteiger partial charge in [-0.3, -0.25) is 0 Å². The Kier molecular flexibility index (Phi) is 4.80. The first-order valence-electron chi connectivity index (χ1n) is 6.76. The average Bonchev–Trinajstić information content (AvgIpc) is 3.07. The summed E-state index contributed by atoms with van der Waals surface area (Å²) in [6.45, 7) is 7.57. The van der Waals surface area contributed by atoms with E-state index in [9.17, 15) is 0 Å². The summed E-state index contributed by atoms with van der Waals surface area (Å²) in [4.78, 5) is 7.10. The van der Waals surface area contributed by atoms with Crippen LogP contribution in [-0.2, 0) is 6.54 Å². The van der Waals surface area contributed by atoms with Crippen molar-refractivity contribution in [2.75, 3.05) is 18.0 Å². The molecule has 3 nitrogen and oxygen atoms in total. The van der Waals surface area contributed by atoms with Crippen molar-refractivity contribution in [3.05, 3.63) is 11.1 Å². The van der Waals surface area contributed by atoms with Crippen molar-refractivity contribution >= 4 is 16.5 Å². The first-order chi connectivity index (χ1) is 8.33. The first-order valence-corrected chi connectivity index (χ1v) is 7.64. The molecule has 1 aromatic rings. The summed E-state index contributed by atoms with van der Waals surface area (Å²) in [6.07, 6.45) is 5.18. The van der Waals surface area contributed by atoms with Crippen LogP contribution in [0.4, 0.5) is 5.13 Å². The van der Waals surface area contributed by atoms with E-state index in [1.54, 1.807) is 11.3 Å². The van der Waals surface area contributed by atoms with Gasteiger partial charge in [-0.05, 0) is 26.2 Å². The number of thiazole rings is 1. The molecule has 0 atom stereocenters. The highest BCUT2D eigenvalue weighted by molar-refractivity contribution is 7.13. The van der Waals surface area contributed by atoms with Crippen LogP contribution >= 0.6 is 11.3 Å². The highest BCUT2D eigenvalue weighted by Gasteiger charge is 2.20. The van der Waals surface area contributed by atoms with Gasteiger partial charge in [-0.2, -0.15) is 0 Å². The zero-order valence-electron chi connectivity index (χ0n) is 10.9.